The van der Waals surface area contributed by atoms with Gasteiger partial charge in [0.05, 0.1) is 0 Å². The van der Waals surface area contributed by atoms with Crippen molar-refractivity contribution in [1.29, 1.82) is 0 Å². The molecule has 0 aliphatic rings. The maximum atomic E-state index is 10.3. The van der Waals surface area contributed by atoms with Gasteiger partial charge in [0.1, 0.15) is 6.61 Å². The van der Waals surface area contributed by atoms with Crippen LogP contribution in [0.2, 0.25) is 0 Å². The van der Waals surface area contributed by atoms with E-state index >= 15 is 0 Å². The Morgan fingerprint density at radius 1 is 1.62 bits per heavy atom. The topological polar surface area (TPSA) is 39.4 Å². The summed E-state index contributed by atoms with van der Waals surface area (Å²) in [5.74, 6) is 1.12. The van der Waals surface area contributed by atoms with Crippen LogP contribution in [0.1, 0.15) is 16.3 Å². The molecule has 0 atom stereocenters. The zero-order valence-electron chi connectivity index (χ0n) is 7.16. The highest BCUT2D eigenvalue weighted by Crippen LogP contribution is 2.16. The molecule has 0 radical (unpaired) electrons. The Morgan fingerprint density at radius 2 is 2.38 bits per heavy atom. The van der Waals surface area contributed by atoms with Crippen LogP contribution in [0.25, 0.3) is 5.76 Å². The Kier molecular flexibility index (Phi) is 3.09. The first-order valence-electron chi connectivity index (χ1n) is 3.76. The molecule has 0 N–H and O–H groups in total. The lowest BCUT2D eigenvalue weighted by molar-refractivity contribution is 0.109. The highest BCUT2D eigenvalue weighted by Gasteiger charge is 2.04. The number of hydrogen-bond donors (Lipinski definition) is 0. The van der Waals surface area contributed by atoms with E-state index in [0.717, 1.165) is 0 Å². The van der Waals surface area contributed by atoms with Crippen molar-refractivity contribution in [3.05, 3.63) is 42.9 Å². The fraction of sp³-hybridized carbons (Fsp3) is 0.100. The molecular weight excluding hydrogens is 168 g/mol. The van der Waals surface area contributed by atoms with Gasteiger partial charge in [0.25, 0.3) is 0 Å². The second kappa shape index (κ2) is 4.30. The number of furan rings is 1. The standard InChI is InChI=1S/C10H10O3/c1-3-6-12-8(2)10-5-4-9(7-11)13-10/h3-5,7H,1-2,6H2. The van der Waals surface area contributed by atoms with Crippen LogP contribution in [-0.4, -0.2) is 12.9 Å². The maximum absolute atomic E-state index is 10.3. The van der Waals surface area contributed by atoms with Gasteiger partial charge in [-0.05, 0) is 12.1 Å². The van der Waals surface area contributed by atoms with E-state index in [1.165, 1.54) is 0 Å². The molecule has 3 heteroatoms. The van der Waals surface area contributed by atoms with Crippen LogP contribution in [0.4, 0.5) is 0 Å². The number of ether oxygens (including phenoxy) is 1. The van der Waals surface area contributed by atoms with Crippen molar-refractivity contribution in [3.8, 4) is 0 Å². The third-order valence-electron chi connectivity index (χ3n) is 1.39. The Bertz CT molecular complexity index is 323. The van der Waals surface area contributed by atoms with Gasteiger partial charge in [0.2, 0.25) is 0 Å². The molecule has 0 unspecified atom stereocenters. The number of carbonyl (C=O) groups excluding carboxylic acids is 1. The van der Waals surface area contributed by atoms with E-state index in [9.17, 15) is 4.79 Å². The van der Waals surface area contributed by atoms with Crippen LogP contribution in [0, 0.1) is 0 Å². The van der Waals surface area contributed by atoms with E-state index in [2.05, 4.69) is 13.2 Å². The minimum atomic E-state index is 0.262. The summed E-state index contributed by atoms with van der Waals surface area (Å²) in [5.41, 5.74) is 0. The molecular formula is C10H10O3. The summed E-state index contributed by atoms with van der Waals surface area (Å²) in [6.07, 6.45) is 2.24. The van der Waals surface area contributed by atoms with Crippen molar-refractivity contribution < 1.29 is 13.9 Å². The Hall–Kier alpha value is -1.77. The molecule has 1 heterocycles. The highest BCUT2D eigenvalue weighted by atomic mass is 16.5. The smallest absolute Gasteiger partial charge is 0.185 e. The number of rotatable bonds is 5. The molecule has 0 saturated carbocycles. The first kappa shape index (κ1) is 9.32. The van der Waals surface area contributed by atoms with Crippen molar-refractivity contribution in [2.45, 2.75) is 0 Å². The summed E-state index contributed by atoms with van der Waals surface area (Å²) in [6, 6.07) is 3.19. The minimum absolute atomic E-state index is 0.262. The van der Waals surface area contributed by atoms with Crippen LogP contribution in [0.5, 0.6) is 0 Å². The summed E-state index contributed by atoms with van der Waals surface area (Å²) in [5, 5.41) is 0. The lowest BCUT2D eigenvalue weighted by Crippen LogP contribution is -1.88. The van der Waals surface area contributed by atoms with Crippen molar-refractivity contribution in [2.24, 2.45) is 0 Å². The van der Waals surface area contributed by atoms with Gasteiger partial charge in [0, 0.05) is 0 Å². The fourth-order valence-corrected chi connectivity index (χ4v) is 0.797. The zero-order valence-corrected chi connectivity index (χ0v) is 7.16. The molecule has 3 nitrogen and oxygen atoms in total. The van der Waals surface area contributed by atoms with Gasteiger partial charge in [-0.2, -0.15) is 0 Å². The van der Waals surface area contributed by atoms with E-state index in [1.54, 1.807) is 18.2 Å². The average molecular weight is 178 g/mol. The number of carbonyl (C=O) groups is 1. The molecule has 0 aromatic carbocycles. The van der Waals surface area contributed by atoms with E-state index in [-0.39, 0.29) is 5.76 Å². The van der Waals surface area contributed by atoms with Crippen LogP contribution in [0.3, 0.4) is 0 Å². The van der Waals surface area contributed by atoms with E-state index in [4.69, 9.17) is 9.15 Å². The summed E-state index contributed by atoms with van der Waals surface area (Å²) in [4.78, 5) is 10.3. The zero-order chi connectivity index (χ0) is 9.68. The van der Waals surface area contributed by atoms with Gasteiger partial charge >= 0.3 is 0 Å². The van der Waals surface area contributed by atoms with Gasteiger partial charge in [-0.15, -0.1) is 0 Å². The van der Waals surface area contributed by atoms with Crippen LogP contribution in [0.15, 0.2) is 35.8 Å². The van der Waals surface area contributed by atoms with Crippen LogP contribution in [-0.2, 0) is 4.74 Å². The summed E-state index contributed by atoms with van der Waals surface area (Å²) >= 11 is 0. The predicted molar refractivity (Wildman–Crippen MR) is 49.3 cm³/mol. The molecule has 1 aromatic heterocycles. The van der Waals surface area contributed by atoms with E-state index in [0.29, 0.717) is 24.4 Å². The van der Waals surface area contributed by atoms with Crippen LogP contribution < -0.4 is 0 Å². The Labute approximate surface area is 76.3 Å². The molecule has 13 heavy (non-hydrogen) atoms. The second-order valence-corrected chi connectivity index (χ2v) is 2.34. The molecule has 0 spiro atoms. The van der Waals surface area contributed by atoms with Crippen molar-refractivity contribution in [1.82, 2.24) is 0 Å². The molecule has 0 amide bonds. The Balaban J connectivity index is 2.65. The van der Waals surface area contributed by atoms with E-state index < -0.39 is 0 Å². The predicted octanol–water partition coefficient (Wildman–Crippen LogP) is 2.27. The largest absolute Gasteiger partial charge is 0.486 e. The summed E-state index contributed by atoms with van der Waals surface area (Å²) < 4.78 is 10.2. The van der Waals surface area contributed by atoms with Gasteiger partial charge in [-0.3, -0.25) is 4.79 Å². The molecule has 0 aliphatic heterocycles. The quantitative estimate of drug-likeness (QED) is 0.394. The molecule has 1 rings (SSSR count). The third-order valence-corrected chi connectivity index (χ3v) is 1.39. The van der Waals surface area contributed by atoms with Crippen LogP contribution >= 0.6 is 0 Å². The highest BCUT2D eigenvalue weighted by molar-refractivity contribution is 5.71. The normalized spacial score (nSPS) is 9.23. The van der Waals surface area contributed by atoms with Crippen molar-refractivity contribution in [2.75, 3.05) is 6.61 Å². The first-order chi connectivity index (χ1) is 6.27. The third kappa shape index (κ3) is 2.33. The van der Waals surface area contributed by atoms with Gasteiger partial charge < -0.3 is 9.15 Å². The van der Waals surface area contributed by atoms with Gasteiger partial charge in [-0.25, -0.2) is 0 Å². The first-order valence-corrected chi connectivity index (χ1v) is 3.76. The monoisotopic (exact) mass is 178 g/mol. The minimum Gasteiger partial charge on any atom is -0.486 e. The summed E-state index contributed by atoms with van der Waals surface area (Å²) in [7, 11) is 0. The van der Waals surface area contributed by atoms with Gasteiger partial charge in [-0.1, -0.05) is 19.2 Å². The lowest BCUT2D eigenvalue weighted by Gasteiger charge is -2.02. The molecule has 0 aliphatic carbocycles. The van der Waals surface area contributed by atoms with Gasteiger partial charge in [0.15, 0.2) is 23.6 Å². The summed E-state index contributed by atoms with van der Waals surface area (Å²) in [6.45, 7) is 7.50. The number of hydrogen-bond acceptors (Lipinski definition) is 3. The number of aldehydes is 1. The second-order valence-electron chi connectivity index (χ2n) is 2.34. The molecule has 0 fully saturated rings. The fourth-order valence-electron chi connectivity index (χ4n) is 0.797. The maximum Gasteiger partial charge on any atom is 0.185 e. The lowest BCUT2D eigenvalue weighted by atomic mass is 10.4. The molecule has 0 bridgehead atoms. The molecule has 1 aromatic rings. The SMILES string of the molecule is C=CCOC(=C)c1ccc(C=O)o1. The van der Waals surface area contributed by atoms with Crippen molar-refractivity contribution in [3.63, 3.8) is 0 Å². The average Bonchev–Trinajstić information content (AvgIpc) is 2.62. The molecule has 0 saturated heterocycles. The molecule has 68 valence electrons. The van der Waals surface area contributed by atoms with Crippen molar-refractivity contribution >= 4 is 12.0 Å². The van der Waals surface area contributed by atoms with E-state index in [1.807, 2.05) is 0 Å². The Morgan fingerprint density at radius 3 is 2.92 bits per heavy atom.